The van der Waals surface area contributed by atoms with E-state index in [0.717, 1.165) is 0 Å². The first-order chi connectivity index (χ1) is 20.6. The predicted octanol–water partition coefficient (Wildman–Crippen LogP) is 3.71. The molecule has 0 bridgehead atoms. The molecule has 1 amide bonds. The Hall–Kier alpha value is -5.13. The van der Waals surface area contributed by atoms with Crippen LogP contribution < -0.4 is 16.3 Å². The molecule has 0 aliphatic carbocycles. The molecule has 0 fully saturated rings. The summed E-state index contributed by atoms with van der Waals surface area (Å²) >= 11 is 5.89. The summed E-state index contributed by atoms with van der Waals surface area (Å²) in [4.78, 5) is 55.7. The number of hydrogen-bond acceptors (Lipinski definition) is 8. The van der Waals surface area contributed by atoms with Crippen molar-refractivity contribution in [3.8, 4) is 11.4 Å². The van der Waals surface area contributed by atoms with Gasteiger partial charge in [0.15, 0.2) is 17.2 Å². The summed E-state index contributed by atoms with van der Waals surface area (Å²) in [6.45, 7) is 0.629. The number of fused-ring (bicyclic) bond motifs is 1. The molecule has 0 aliphatic rings. The van der Waals surface area contributed by atoms with Gasteiger partial charge in [0.25, 0.3) is 0 Å². The number of hydrogen-bond donors (Lipinski definition) is 1. The highest BCUT2D eigenvalue weighted by Crippen LogP contribution is 2.25. The fourth-order valence-corrected chi connectivity index (χ4v) is 4.65. The molecule has 0 saturated heterocycles. The molecule has 12 heteroatoms. The van der Waals surface area contributed by atoms with E-state index in [1.807, 2.05) is 19.0 Å². The second-order valence-electron chi connectivity index (χ2n) is 10.1. The Labute approximate surface area is 252 Å². The lowest BCUT2D eigenvalue weighted by atomic mass is 10.1. The fourth-order valence-electron chi connectivity index (χ4n) is 4.54. The van der Waals surface area contributed by atoms with E-state index in [4.69, 9.17) is 17.3 Å². The van der Waals surface area contributed by atoms with Crippen molar-refractivity contribution in [1.29, 1.82) is 0 Å². The molecule has 0 atom stereocenters. The molecule has 5 aromatic rings. The normalized spacial score (nSPS) is 11.5. The number of carbonyl (C=O) groups excluding carboxylic acids is 2. The summed E-state index contributed by atoms with van der Waals surface area (Å²) < 4.78 is 2.83. The molecular weight excluding hydrogens is 568 g/mol. The van der Waals surface area contributed by atoms with Crippen LogP contribution in [-0.2, 0) is 11.2 Å². The van der Waals surface area contributed by atoms with E-state index in [9.17, 15) is 14.4 Å². The molecular formula is C31H29ClN8O3. The number of benzene rings is 2. The predicted molar refractivity (Wildman–Crippen MR) is 167 cm³/mol. The number of amides is 1. The first kappa shape index (κ1) is 29.4. The maximum Gasteiger partial charge on any atom is 0.339 e. The van der Waals surface area contributed by atoms with E-state index in [-0.39, 0.29) is 23.9 Å². The Morgan fingerprint density at radius 1 is 0.953 bits per heavy atom. The van der Waals surface area contributed by atoms with Crippen LogP contribution in [0, 0.1) is 0 Å². The number of likely N-dealkylation sites (N-methyl/N-ethyl adjacent to an activating group) is 2. The van der Waals surface area contributed by atoms with Gasteiger partial charge in [-0.25, -0.2) is 19.3 Å². The molecule has 0 saturated carbocycles. The highest BCUT2D eigenvalue weighted by Gasteiger charge is 2.21. The second kappa shape index (κ2) is 12.4. The summed E-state index contributed by atoms with van der Waals surface area (Å²) in [6.07, 6.45) is 6.19. The summed E-state index contributed by atoms with van der Waals surface area (Å²) in [6, 6.07) is 17.0. The smallest absolute Gasteiger partial charge is 0.339 e. The van der Waals surface area contributed by atoms with Crippen molar-refractivity contribution in [2.24, 2.45) is 0 Å². The zero-order valence-corrected chi connectivity index (χ0v) is 24.6. The molecule has 0 radical (unpaired) electrons. The highest BCUT2D eigenvalue weighted by atomic mass is 35.5. The molecule has 11 nitrogen and oxygen atoms in total. The van der Waals surface area contributed by atoms with Crippen molar-refractivity contribution in [2.45, 2.75) is 6.42 Å². The zero-order chi connectivity index (χ0) is 30.7. The number of Topliss-reactive ketones (excluding diaryl/α,β-unsaturated/α-hetero) is 1. The number of nitrogen functional groups attached to an aromatic ring is 1. The second-order valence-corrected chi connectivity index (χ2v) is 10.5. The molecule has 5 rings (SSSR count). The lowest BCUT2D eigenvalue weighted by molar-refractivity contribution is -0.113. The number of aromatic nitrogens is 5. The van der Waals surface area contributed by atoms with Crippen molar-refractivity contribution in [2.75, 3.05) is 38.3 Å². The van der Waals surface area contributed by atoms with E-state index in [1.54, 1.807) is 73.8 Å². The van der Waals surface area contributed by atoms with Crippen molar-refractivity contribution >= 4 is 46.0 Å². The van der Waals surface area contributed by atoms with Gasteiger partial charge < -0.3 is 15.5 Å². The largest absolute Gasteiger partial charge is 0.382 e. The number of nitrogens with two attached hydrogens (primary N) is 1. The first-order valence-corrected chi connectivity index (χ1v) is 13.7. The summed E-state index contributed by atoms with van der Waals surface area (Å²) in [5.74, 6) is -0.225. The van der Waals surface area contributed by atoms with Crippen LogP contribution in [0.4, 0.5) is 11.5 Å². The van der Waals surface area contributed by atoms with Crippen LogP contribution in [0.3, 0.4) is 0 Å². The van der Waals surface area contributed by atoms with Gasteiger partial charge in [0.2, 0.25) is 5.91 Å². The molecule has 0 aliphatic heterocycles. The van der Waals surface area contributed by atoms with Crippen LogP contribution in [0.15, 0.2) is 90.1 Å². The van der Waals surface area contributed by atoms with Crippen molar-refractivity contribution in [3.63, 3.8) is 0 Å². The van der Waals surface area contributed by atoms with Crippen LogP contribution >= 0.6 is 11.6 Å². The number of anilines is 2. The maximum absolute atomic E-state index is 14.0. The molecule has 0 unspecified atom stereocenters. The number of rotatable bonds is 9. The van der Waals surface area contributed by atoms with Crippen molar-refractivity contribution < 1.29 is 9.59 Å². The maximum atomic E-state index is 14.0. The Morgan fingerprint density at radius 2 is 1.72 bits per heavy atom. The minimum absolute atomic E-state index is 0.106. The Morgan fingerprint density at radius 3 is 2.42 bits per heavy atom. The molecule has 218 valence electrons. The molecule has 2 aromatic carbocycles. The molecule has 3 heterocycles. The number of ketones is 1. The number of pyridine rings is 1. The summed E-state index contributed by atoms with van der Waals surface area (Å²) in [7, 11) is 5.50. The Kier molecular flexibility index (Phi) is 8.46. The van der Waals surface area contributed by atoms with Gasteiger partial charge in [-0.3, -0.25) is 19.1 Å². The van der Waals surface area contributed by atoms with E-state index in [2.05, 4.69) is 15.0 Å². The highest BCUT2D eigenvalue weighted by molar-refractivity contribution is 6.30. The summed E-state index contributed by atoms with van der Waals surface area (Å²) in [5.41, 5.74) is 9.04. The van der Waals surface area contributed by atoms with E-state index < -0.39 is 5.69 Å². The van der Waals surface area contributed by atoms with Gasteiger partial charge in [-0.2, -0.15) is 0 Å². The Balaban J connectivity index is 1.50. The third-order valence-corrected chi connectivity index (χ3v) is 6.99. The van der Waals surface area contributed by atoms with Gasteiger partial charge in [0.1, 0.15) is 11.8 Å². The standard InChI is InChI=1S/C31H29ClN8O3/c1-37(2)15-5-8-27(42)38(3)24-6-4-7-25(17-24)40-30-28(29(33)35-19-36-30)39(31(40)43)23-13-9-20(10-14-23)26(41)16-22-12-11-21(32)18-34-22/h4-14,17-19H,15-16H2,1-3H3,(H2,33,35,36)/b8-5+. The number of nitrogens with zero attached hydrogens (tertiary/aromatic N) is 7. The monoisotopic (exact) mass is 596 g/mol. The van der Waals surface area contributed by atoms with Gasteiger partial charge in [0, 0.05) is 42.8 Å². The van der Waals surface area contributed by atoms with Crippen molar-refractivity contribution in [3.05, 3.63) is 112 Å². The fraction of sp³-hybridized carbons (Fsp3) is 0.161. The van der Waals surface area contributed by atoms with E-state index >= 15 is 0 Å². The zero-order valence-electron chi connectivity index (χ0n) is 23.8. The Bertz CT molecular complexity index is 1890. The molecule has 3 aromatic heterocycles. The van der Waals surface area contributed by atoms with E-state index in [1.165, 1.54) is 32.6 Å². The summed E-state index contributed by atoms with van der Waals surface area (Å²) in [5, 5.41) is 0.494. The molecule has 0 spiro atoms. The minimum atomic E-state index is -0.441. The lowest BCUT2D eigenvalue weighted by Crippen LogP contribution is -2.25. The average molecular weight is 597 g/mol. The third kappa shape index (κ3) is 6.22. The number of imidazole rings is 1. The van der Waals surface area contributed by atoms with Gasteiger partial charge >= 0.3 is 5.69 Å². The van der Waals surface area contributed by atoms with Crippen molar-refractivity contribution in [1.82, 2.24) is 29.0 Å². The van der Waals surface area contributed by atoms with E-state index in [0.29, 0.717) is 51.1 Å². The SMILES string of the molecule is CN(C)C/C=C/C(=O)N(C)c1cccc(-n2c(=O)n(-c3ccc(C(=O)Cc4ccc(Cl)cn4)cc3)c3c(N)ncnc32)c1. The minimum Gasteiger partial charge on any atom is -0.382 e. The van der Waals surface area contributed by atoms with Gasteiger partial charge in [-0.05, 0) is 68.7 Å². The molecule has 2 N–H and O–H groups in total. The number of halogens is 1. The lowest BCUT2D eigenvalue weighted by Gasteiger charge is -2.16. The van der Waals surface area contributed by atoms with Gasteiger partial charge in [-0.1, -0.05) is 23.7 Å². The third-order valence-electron chi connectivity index (χ3n) is 6.76. The quantitative estimate of drug-likeness (QED) is 0.201. The topological polar surface area (TPSA) is 132 Å². The first-order valence-electron chi connectivity index (χ1n) is 13.3. The number of carbonyl (C=O) groups is 2. The van der Waals surface area contributed by atoms with Gasteiger partial charge in [-0.15, -0.1) is 0 Å². The van der Waals surface area contributed by atoms with Crippen LogP contribution in [0.25, 0.3) is 22.5 Å². The van der Waals surface area contributed by atoms with Crippen LogP contribution in [0.5, 0.6) is 0 Å². The van der Waals surface area contributed by atoms with Crippen LogP contribution in [0.2, 0.25) is 5.02 Å². The van der Waals surface area contributed by atoms with Crippen LogP contribution in [0.1, 0.15) is 16.1 Å². The van der Waals surface area contributed by atoms with Crippen LogP contribution in [-0.4, -0.2) is 68.4 Å². The molecule has 43 heavy (non-hydrogen) atoms. The van der Waals surface area contributed by atoms with Gasteiger partial charge in [0.05, 0.1) is 22.8 Å². The average Bonchev–Trinajstić information content (AvgIpc) is 3.30.